The number of benzene rings is 1. The molecule has 1 aromatic heterocycles. The molecule has 2 aromatic rings. The molecule has 1 aliphatic heterocycles. The number of unbranched alkanes of at least 4 members (excludes halogenated alkanes) is 1. The van der Waals surface area contributed by atoms with Crippen molar-refractivity contribution in [1.82, 2.24) is 19.6 Å². The molecule has 0 atom stereocenters. The van der Waals surface area contributed by atoms with Crippen LogP contribution in [0.3, 0.4) is 0 Å². The molecule has 5 nitrogen and oxygen atoms in total. The van der Waals surface area contributed by atoms with Crippen LogP contribution in [0.1, 0.15) is 43.0 Å². The summed E-state index contributed by atoms with van der Waals surface area (Å²) in [5, 5.41) is 5.12. The molecule has 156 valence electrons. The zero-order valence-corrected chi connectivity index (χ0v) is 18.2. The second-order valence-electron chi connectivity index (χ2n) is 7.64. The van der Waals surface area contributed by atoms with Crippen LogP contribution in [0.15, 0.2) is 36.4 Å². The van der Waals surface area contributed by atoms with Crippen molar-refractivity contribution in [1.29, 1.82) is 0 Å². The first-order valence-electron chi connectivity index (χ1n) is 10.5. The molecule has 0 saturated carbocycles. The summed E-state index contributed by atoms with van der Waals surface area (Å²) in [7, 11) is 0. The van der Waals surface area contributed by atoms with E-state index in [1.807, 2.05) is 28.6 Å². The van der Waals surface area contributed by atoms with Gasteiger partial charge in [0.05, 0.1) is 5.69 Å². The predicted molar refractivity (Wildman–Crippen MR) is 119 cm³/mol. The smallest absolute Gasteiger partial charge is 0.246 e. The van der Waals surface area contributed by atoms with Gasteiger partial charge in [0.15, 0.2) is 0 Å². The molecule has 1 amide bonds. The number of rotatable bonds is 7. The second-order valence-corrected chi connectivity index (χ2v) is 8.00. The number of halogens is 1. The van der Waals surface area contributed by atoms with E-state index in [9.17, 15) is 4.79 Å². The first-order chi connectivity index (χ1) is 14.1. The maximum Gasteiger partial charge on any atom is 0.246 e. The fourth-order valence-electron chi connectivity index (χ4n) is 3.66. The summed E-state index contributed by atoms with van der Waals surface area (Å²) in [6, 6.07) is 10.5. The number of aryl methyl sites for hydroxylation is 2. The first kappa shape index (κ1) is 21.6. The Morgan fingerprint density at radius 3 is 2.72 bits per heavy atom. The van der Waals surface area contributed by atoms with Crippen molar-refractivity contribution in [3.63, 3.8) is 0 Å². The zero-order chi connectivity index (χ0) is 20.6. The molecule has 1 aromatic carbocycles. The monoisotopic (exact) mass is 414 g/mol. The molecule has 0 spiro atoms. The van der Waals surface area contributed by atoms with Crippen molar-refractivity contribution in [3.8, 4) is 0 Å². The summed E-state index contributed by atoms with van der Waals surface area (Å²) in [6.07, 6.45) is 6.58. The number of aromatic nitrogens is 2. The molecule has 1 fully saturated rings. The average molecular weight is 415 g/mol. The van der Waals surface area contributed by atoms with Crippen molar-refractivity contribution >= 4 is 23.6 Å². The molecule has 6 heteroatoms. The van der Waals surface area contributed by atoms with Crippen LogP contribution >= 0.6 is 11.6 Å². The van der Waals surface area contributed by atoms with Crippen LogP contribution in [0.5, 0.6) is 0 Å². The van der Waals surface area contributed by atoms with E-state index >= 15 is 0 Å². The average Bonchev–Trinajstić information content (AvgIpc) is 2.88. The van der Waals surface area contributed by atoms with Gasteiger partial charge in [-0.3, -0.25) is 14.4 Å². The number of carbonyl (C=O) groups excluding carboxylic acids is 1. The van der Waals surface area contributed by atoms with Crippen molar-refractivity contribution in [2.24, 2.45) is 0 Å². The number of hydrogen-bond donors (Lipinski definition) is 0. The molecule has 1 saturated heterocycles. The molecule has 0 aliphatic carbocycles. The molecule has 29 heavy (non-hydrogen) atoms. The number of carbonyl (C=O) groups is 1. The highest BCUT2D eigenvalue weighted by Gasteiger charge is 2.18. The van der Waals surface area contributed by atoms with Gasteiger partial charge in [0.2, 0.25) is 5.91 Å². The van der Waals surface area contributed by atoms with Gasteiger partial charge in [0.25, 0.3) is 0 Å². The third kappa shape index (κ3) is 5.94. The van der Waals surface area contributed by atoms with E-state index in [0.29, 0.717) is 5.15 Å². The number of amides is 1. The van der Waals surface area contributed by atoms with Gasteiger partial charge >= 0.3 is 0 Å². The zero-order valence-electron chi connectivity index (χ0n) is 17.5. The molecule has 2 heterocycles. The van der Waals surface area contributed by atoms with Gasteiger partial charge in [-0.05, 0) is 31.4 Å². The van der Waals surface area contributed by atoms with E-state index in [1.54, 1.807) is 6.08 Å². The standard InChI is InChI=1S/C23H31ClN4O/c1-3-4-15-28-23(24)21(19(2)25-28)11-12-22(29)27-14-8-13-26(16-17-27)18-20-9-6-5-7-10-20/h5-7,9-12H,3-4,8,13-18H2,1-2H3/b12-11+. The minimum absolute atomic E-state index is 0.0448. The van der Waals surface area contributed by atoms with E-state index < -0.39 is 0 Å². The maximum atomic E-state index is 12.7. The van der Waals surface area contributed by atoms with Crippen LogP contribution in [0.25, 0.3) is 6.08 Å². The Bertz CT molecular complexity index is 831. The Hall–Kier alpha value is -2.11. The van der Waals surface area contributed by atoms with Gasteiger partial charge in [-0.2, -0.15) is 5.10 Å². The molecule has 3 rings (SSSR count). The molecule has 0 bridgehead atoms. The van der Waals surface area contributed by atoms with E-state index in [0.717, 1.165) is 69.8 Å². The summed E-state index contributed by atoms with van der Waals surface area (Å²) < 4.78 is 1.83. The van der Waals surface area contributed by atoms with Crippen LogP contribution in [0.4, 0.5) is 0 Å². The highest BCUT2D eigenvalue weighted by molar-refractivity contribution is 6.31. The van der Waals surface area contributed by atoms with Crippen molar-refractivity contribution < 1.29 is 4.79 Å². The van der Waals surface area contributed by atoms with E-state index in [1.165, 1.54) is 5.56 Å². The Balaban J connectivity index is 1.57. The summed E-state index contributed by atoms with van der Waals surface area (Å²) in [4.78, 5) is 17.1. The molecular weight excluding hydrogens is 384 g/mol. The number of nitrogens with zero attached hydrogens (tertiary/aromatic N) is 4. The third-order valence-electron chi connectivity index (χ3n) is 5.37. The van der Waals surface area contributed by atoms with Crippen LogP contribution in [-0.2, 0) is 17.9 Å². The lowest BCUT2D eigenvalue weighted by Crippen LogP contribution is -2.34. The van der Waals surface area contributed by atoms with Gasteiger partial charge in [0.1, 0.15) is 5.15 Å². The largest absolute Gasteiger partial charge is 0.338 e. The van der Waals surface area contributed by atoms with Crippen LogP contribution in [0, 0.1) is 6.92 Å². The van der Waals surface area contributed by atoms with E-state index in [2.05, 4.69) is 41.2 Å². The summed E-state index contributed by atoms with van der Waals surface area (Å²) in [5.41, 5.74) is 3.02. The lowest BCUT2D eigenvalue weighted by molar-refractivity contribution is -0.125. The van der Waals surface area contributed by atoms with Gasteiger partial charge < -0.3 is 4.90 Å². The van der Waals surface area contributed by atoms with Crippen LogP contribution in [0.2, 0.25) is 5.15 Å². The SMILES string of the molecule is CCCCn1nc(C)c(/C=C/C(=O)N2CCCN(Cc3ccccc3)CC2)c1Cl. The van der Waals surface area contributed by atoms with Crippen molar-refractivity contribution in [2.45, 2.75) is 46.2 Å². The Kier molecular flexibility index (Phi) is 7.90. The molecule has 1 aliphatic rings. The topological polar surface area (TPSA) is 41.4 Å². The molecule has 0 radical (unpaired) electrons. The third-order valence-corrected chi connectivity index (χ3v) is 5.77. The Labute approximate surface area is 178 Å². The Morgan fingerprint density at radius 1 is 1.17 bits per heavy atom. The number of hydrogen-bond acceptors (Lipinski definition) is 3. The van der Waals surface area contributed by atoms with Gasteiger partial charge in [-0.1, -0.05) is 55.3 Å². The van der Waals surface area contributed by atoms with Crippen LogP contribution < -0.4 is 0 Å². The van der Waals surface area contributed by atoms with Gasteiger partial charge in [0, 0.05) is 50.9 Å². The normalized spacial score (nSPS) is 15.8. The molecule has 0 unspecified atom stereocenters. The van der Waals surface area contributed by atoms with Gasteiger partial charge in [-0.25, -0.2) is 0 Å². The van der Waals surface area contributed by atoms with E-state index in [-0.39, 0.29) is 5.91 Å². The molecular formula is C23H31ClN4O. The predicted octanol–water partition coefficient (Wildman–Crippen LogP) is 4.39. The highest BCUT2D eigenvalue weighted by atomic mass is 35.5. The minimum atomic E-state index is 0.0448. The quantitative estimate of drug-likeness (QED) is 0.631. The van der Waals surface area contributed by atoms with Crippen LogP contribution in [-0.4, -0.2) is 51.7 Å². The molecule has 0 N–H and O–H groups in total. The summed E-state index contributed by atoms with van der Waals surface area (Å²) >= 11 is 6.47. The lowest BCUT2D eigenvalue weighted by atomic mass is 10.2. The fourth-order valence-corrected chi connectivity index (χ4v) is 3.99. The fraction of sp³-hybridized carbons (Fsp3) is 0.478. The lowest BCUT2D eigenvalue weighted by Gasteiger charge is -2.21. The van der Waals surface area contributed by atoms with Crippen molar-refractivity contribution in [2.75, 3.05) is 26.2 Å². The minimum Gasteiger partial charge on any atom is -0.338 e. The maximum absolute atomic E-state index is 12.7. The van der Waals surface area contributed by atoms with Crippen molar-refractivity contribution in [3.05, 3.63) is 58.4 Å². The summed E-state index contributed by atoms with van der Waals surface area (Å²) in [5.74, 6) is 0.0448. The Morgan fingerprint density at radius 2 is 1.97 bits per heavy atom. The highest BCUT2D eigenvalue weighted by Crippen LogP contribution is 2.22. The second kappa shape index (κ2) is 10.6. The summed E-state index contributed by atoms with van der Waals surface area (Å²) in [6.45, 7) is 9.26. The first-order valence-corrected chi connectivity index (χ1v) is 10.9. The van der Waals surface area contributed by atoms with E-state index in [4.69, 9.17) is 11.6 Å². The van der Waals surface area contributed by atoms with Gasteiger partial charge in [-0.15, -0.1) is 0 Å².